The van der Waals surface area contributed by atoms with Gasteiger partial charge in [-0.1, -0.05) is 23.2 Å². The molecule has 0 aromatic heterocycles. The van der Waals surface area contributed by atoms with Crippen molar-refractivity contribution in [3.05, 3.63) is 57.3 Å². The first-order valence-electron chi connectivity index (χ1n) is 5.70. The van der Waals surface area contributed by atoms with E-state index in [1.54, 1.807) is 25.1 Å². The van der Waals surface area contributed by atoms with Crippen LogP contribution in [0.5, 0.6) is 0 Å². The number of hydrogen-bond acceptors (Lipinski definition) is 2. The van der Waals surface area contributed by atoms with Gasteiger partial charge in [-0.05, 0) is 42.8 Å². The van der Waals surface area contributed by atoms with E-state index in [9.17, 15) is 9.18 Å². The van der Waals surface area contributed by atoms with Crippen LogP contribution in [0.25, 0.3) is 0 Å². The molecule has 0 atom stereocenters. The maximum atomic E-state index is 13.1. The molecule has 1 amide bonds. The molecule has 20 heavy (non-hydrogen) atoms. The summed E-state index contributed by atoms with van der Waals surface area (Å²) in [5, 5.41) is 2.65. The number of nitrogens with two attached hydrogens (primary N) is 1. The molecule has 2 rings (SSSR count). The van der Waals surface area contributed by atoms with E-state index in [-0.39, 0.29) is 15.7 Å². The summed E-state index contributed by atoms with van der Waals surface area (Å²) in [6.07, 6.45) is 0. The fraction of sp³-hybridized carbons (Fsp3) is 0.0714. The number of anilines is 2. The Kier molecular flexibility index (Phi) is 4.16. The molecule has 2 aromatic rings. The minimum atomic E-state index is -0.568. The second-order valence-electron chi connectivity index (χ2n) is 4.27. The maximum Gasteiger partial charge on any atom is 0.256 e. The number of amides is 1. The van der Waals surface area contributed by atoms with Gasteiger partial charge in [-0.15, -0.1) is 0 Å². The number of carbonyl (C=O) groups is 1. The molecule has 0 unspecified atom stereocenters. The molecule has 0 fully saturated rings. The normalized spacial score (nSPS) is 10.4. The third-order valence-corrected chi connectivity index (χ3v) is 3.34. The Balaban J connectivity index is 2.33. The molecule has 0 saturated carbocycles. The fourth-order valence-electron chi connectivity index (χ4n) is 1.78. The minimum Gasteiger partial charge on any atom is -0.399 e. The van der Waals surface area contributed by atoms with Crippen molar-refractivity contribution in [3.8, 4) is 0 Å². The summed E-state index contributed by atoms with van der Waals surface area (Å²) in [5.41, 5.74) is 7.53. The predicted molar refractivity (Wildman–Crippen MR) is 80.0 cm³/mol. The van der Waals surface area contributed by atoms with Gasteiger partial charge < -0.3 is 11.1 Å². The molecule has 0 aliphatic rings. The third kappa shape index (κ3) is 3.03. The van der Waals surface area contributed by atoms with Crippen molar-refractivity contribution in [3.63, 3.8) is 0 Å². The van der Waals surface area contributed by atoms with E-state index >= 15 is 0 Å². The van der Waals surface area contributed by atoms with Crippen molar-refractivity contribution in [2.24, 2.45) is 0 Å². The van der Waals surface area contributed by atoms with Gasteiger partial charge in [0.05, 0.1) is 15.7 Å². The predicted octanol–water partition coefficient (Wildman–Crippen LogP) is 4.28. The molecule has 0 saturated heterocycles. The number of benzene rings is 2. The molecule has 0 radical (unpaired) electrons. The monoisotopic (exact) mass is 312 g/mol. The van der Waals surface area contributed by atoms with Crippen LogP contribution in [-0.4, -0.2) is 5.91 Å². The molecule has 2 aromatic carbocycles. The number of hydrogen-bond donors (Lipinski definition) is 2. The van der Waals surface area contributed by atoms with Gasteiger partial charge in [0, 0.05) is 11.3 Å². The summed E-state index contributed by atoms with van der Waals surface area (Å²) in [4.78, 5) is 12.2. The lowest BCUT2D eigenvalue weighted by Gasteiger charge is -2.11. The van der Waals surface area contributed by atoms with Crippen LogP contribution in [0.1, 0.15) is 15.9 Å². The summed E-state index contributed by atoms with van der Waals surface area (Å²) in [6, 6.07) is 7.07. The van der Waals surface area contributed by atoms with E-state index in [4.69, 9.17) is 28.9 Å². The number of halogens is 3. The van der Waals surface area contributed by atoms with Gasteiger partial charge in [0.15, 0.2) is 0 Å². The SMILES string of the molecule is Cc1cc(N)ccc1C(=O)Nc1c(Cl)cc(F)cc1Cl. The first-order chi connectivity index (χ1) is 9.38. The molecular formula is C14H11Cl2FN2O. The molecule has 0 heterocycles. The Morgan fingerprint density at radius 2 is 1.80 bits per heavy atom. The van der Waals surface area contributed by atoms with Gasteiger partial charge in [-0.2, -0.15) is 0 Å². The summed E-state index contributed by atoms with van der Waals surface area (Å²) in [7, 11) is 0. The van der Waals surface area contributed by atoms with Crippen LogP contribution in [0.3, 0.4) is 0 Å². The van der Waals surface area contributed by atoms with E-state index in [1.807, 2.05) is 0 Å². The van der Waals surface area contributed by atoms with Gasteiger partial charge >= 0.3 is 0 Å². The lowest BCUT2D eigenvalue weighted by atomic mass is 10.1. The summed E-state index contributed by atoms with van der Waals surface area (Å²) >= 11 is 11.7. The molecule has 3 N–H and O–H groups in total. The van der Waals surface area contributed by atoms with Crippen LogP contribution >= 0.6 is 23.2 Å². The molecular weight excluding hydrogens is 302 g/mol. The Bertz CT molecular complexity index is 666. The number of nitrogens with one attached hydrogen (secondary N) is 1. The molecule has 104 valence electrons. The van der Waals surface area contributed by atoms with Crippen molar-refractivity contribution < 1.29 is 9.18 Å². The molecule has 6 heteroatoms. The Morgan fingerprint density at radius 1 is 1.20 bits per heavy atom. The zero-order chi connectivity index (χ0) is 14.9. The molecule has 0 spiro atoms. The Hall–Kier alpha value is -1.78. The standard InChI is InChI=1S/C14H11Cl2FN2O/c1-7-4-9(18)2-3-10(7)14(20)19-13-11(15)5-8(17)6-12(13)16/h2-6H,18H2,1H3,(H,19,20). The third-order valence-electron chi connectivity index (χ3n) is 2.74. The van der Waals surface area contributed by atoms with Crippen molar-refractivity contribution in [1.29, 1.82) is 0 Å². The van der Waals surface area contributed by atoms with E-state index in [1.165, 1.54) is 0 Å². The fourth-order valence-corrected chi connectivity index (χ4v) is 2.34. The quantitative estimate of drug-likeness (QED) is 0.813. The lowest BCUT2D eigenvalue weighted by molar-refractivity contribution is 0.102. The highest BCUT2D eigenvalue weighted by molar-refractivity contribution is 6.40. The average Bonchev–Trinajstić information content (AvgIpc) is 2.33. The smallest absolute Gasteiger partial charge is 0.256 e. The number of nitrogen functional groups attached to an aromatic ring is 1. The van der Waals surface area contributed by atoms with Crippen LogP contribution in [0.2, 0.25) is 10.0 Å². The highest BCUT2D eigenvalue weighted by Crippen LogP contribution is 2.31. The van der Waals surface area contributed by atoms with Crippen LogP contribution in [0.4, 0.5) is 15.8 Å². The van der Waals surface area contributed by atoms with Crippen LogP contribution < -0.4 is 11.1 Å². The van der Waals surface area contributed by atoms with Crippen molar-refractivity contribution in [1.82, 2.24) is 0 Å². The lowest BCUT2D eigenvalue weighted by Crippen LogP contribution is -2.14. The average molecular weight is 313 g/mol. The number of carbonyl (C=O) groups excluding carboxylic acids is 1. The largest absolute Gasteiger partial charge is 0.399 e. The van der Waals surface area contributed by atoms with Gasteiger partial charge in [0.2, 0.25) is 0 Å². The molecule has 0 aliphatic heterocycles. The zero-order valence-electron chi connectivity index (χ0n) is 10.5. The van der Waals surface area contributed by atoms with Crippen molar-refractivity contribution in [2.75, 3.05) is 11.1 Å². The highest BCUT2D eigenvalue weighted by Gasteiger charge is 2.14. The Labute approximate surface area is 125 Å². The maximum absolute atomic E-state index is 13.1. The van der Waals surface area contributed by atoms with E-state index in [2.05, 4.69) is 5.32 Å². The minimum absolute atomic E-state index is 0.0384. The van der Waals surface area contributed by atoms with E-state index in [0.29, 0.717) is 11.3 Å². The molecule has 3 nitrogen and oxygen atoms in total. The first kappa shape index (κ1) is 14.6. The van der Waals surface area contributed by atoms with Gasteiger partial charge in [-0.3, -0.25) is 4.79 Å². The molecule has 0 bridgehead atoms. The second kappa shape index (κ2) is 5.69. The zero-order valence-corrected chi connectivity index (χ0v) is 12.0. The number of aryl methyl sites for hydroxylation is 1. The summed E-state index contributed by atoms with van der Waals surface area (Å²) < 4.78 is 13.1. The highest BCUT2D eigenvalue weighted by atomic mass is 35.5. The summed E-state index contributed by atoms with van der Waals surface area (Å²) in [5.74, 6) is -0.959. The van der Waals surface area contributed by atoms with Crippen LogP contribution in [0.15, 0.2) is 30.3 Å². The van der Waals surface area contributed by atoms with Gasteiger partial charge in [0.25, 0.3) is 5.91 Å². The van der Waals surface area contributed by atoms with Crippen molar-refractivity contribution >= 4 is 40.5 Å². The van der Waals surface area contributed by atoms with Gasteiger partial charge in [-0.25, -0.2) is 4.39 Å². The second-order valence-corrected chi connectivity index (χ2v) is 5.09. The van der Waals surface area contributed by atoms with Crippen LogP contribution in [-0.2, 0) is 0 Å². The van der Waals surface area contributed by atoms with E-state index in [0.717, 1.165) is 17.7 Å². The topological polar surface area (TPSA) is 55.1 Å². The van der Waals surface area contributed by atoms with Gasteiger partial charge in [0.1, 0.15) is 5.82 Å². The summed E-state index contributed by atoms with van der Waals surface area (Å²) in [6.45, 7) is 1.76. The van der Waals surface area contributed by atoms with Crippen molar-refractivity contribution in [2.45, 2.75) is 6.92 Å². The molecule has 0 aliphatic carbocycles. The van der Waals surface area contributed by atoms with Crippen LogP contribution in [0, 0.1) is 12.7 Å². The first-order valence-corrected chi connectivity index (χ1v) is 6.46. The number of rotatable bonds is 2. The van der Waals surface area contributed by atoms with E-state index < -0.39 is 11.7 Å². The Morgan fingerprint density at radius 3 is 2.35 bits per heavy atom.